The Morgan fingerprint density at radius 2 is 2.22 bits per heavy atom. The summed E-state index contributed by atoms with van der Waals surface area (Å²) in [6.07, 6.45) is -2.87. The minimum absolute atomic E-state index is 0.0570. The number of nitrogens with zero attached hydrogens (tertiary/aromatic N) is 1. The number of aromatic nitrogens is 1. The van der Waals surface area contributed by atoms with E-state index in [9.17, 15) is 13.6 Å². The van der Waals surface area contributed by atoms with E-state index in [1.807, 2.05) is 22.6 Å². The summed E-state index contributed by atoms with van der Waals surface area (Å²) in [6.45, 7) is 1.92. The standard InChI is InChI=1S/C11H12F2INO3/c1-3-18-8(16)5-6-4-7(14)15-9(11(12)13)10(6)17-2/h4,11H,3,5H2,1-2H3. The molecule has 0 aliphatic heterocycles. The second-order valence-electron chi connectivity index (χ2n) is 3.31. The second kappa shape index (κ2) is 6.81. The van der Waals surface area contributed by atoms with Crippen LogP contribution in [0.1, 0.15) is 24.6 Å². The average molecular weight is 371 g/mol. The number of carbonyl (C=O) groups is 1. The zero-order chi connectivity index (χ0) is 13.7. The third-order valence-electron chi connectivity index (χ3n) is 2.10. The van der Waals surface area contributed by atoms with E-state index in [2.05, 4.69) is 4.98 Å². The number of halogens is 3. The fraction of sp³-hybridized carbons (Fsp3) is 0.455. The Labute approximate surface area is 117 Å². The fourth-order valence-electron chi connectivity index (χ4n) is 1.45. The van der Waals surface area contributed by atoms with Gasteiger partial charge in [0.15, 0.2) is 0 Å². The molecule has 1 rings (SSSR count). The Kier molecular flexibility index (Phi) is 5.70. The van der Waals surface area contributed by atoms with Crippen molar-refractivity contribution in [3.63, 3.8) is 0 Å². The van der Waals surface area contributed by atoms with Gasteiger partial charge in [0.25, 0.3) is 6.43 Å². The third kappa shape index (κ3) is 3.76. The molecular weight excluding hydrogens is 359 g/mol. The normalized spacial score (nSPS) is 10.6. The van der Waals surface area contributed by atoms with E-state index >= 15 is 0 Å². The molecule has 1 aromatic rings. The van der Waals surface area contributed by atoms with Gasteiger partial charge in [-0.25, -0.2) is 13.8 Å². The number of ether oxygens (including phenoxy) is 2. The van der Waals surface area contributed by atoms with Gasteiger partial charge >= 0.3 is 5.97 Å². The molecule has 0 saturated carbocycles. The summed E-state index contributed by atoms with van der Waals surface area (Å²) in [7, 11) is 1.27. The maximum atomic E-state index is 12.8. The van der Waals surface area contributed by atoms with Crippen molar-refractivity contribution >= 4 is 28.6 Å². The summed E-state index contributed by atoms with van der Waals surface area (Å²) in [5, 5.41) is 0. The Morgan fingerprint density at radius 1 is 1.56 bits per heavy atom. The van der Waals surface area contributed by atoms with Crippen molar-refractivity contribution in [3.05, 3.63) is 21.0 Å². The van der Waals surface area contributed by atoms with Gasteiger partial charge in [-0.05, 0) is 35.6 Å². The van der Waals surface area contributed by atoms with Crippen LogP contribution in [0.2, 0.25) is 0 Å². The van der Waals surface area contributed by atoms with Gasteiger partial charge in [-0.3, -0.25) is 4.79 Å². The first kappa shape index (κ1) is 15.1. The third-order valence-corrected chi connectivity index (χ3v) is 2.65. The van der Waals surface area contributed by atoms with Gasteiger partial charge in [0.2, 0.25) is 0 Å². The quantitative estimate of drug-likeness (QED) is 0.454. The molecule has 0 aliphatic rings. The van der Waals surface area contributed by atoms with Crippen LogP contribution in [0.3, 0.4) is 0 Å². The van der Waals surface area contributed by atoms with Gasteiger partial charge in [-0.2, -0.15) is 0 Å². The van der Waals surface area contributed by atoms with Crippen LogP contribution in [-0.4, -0.2) is 24.7 Å². The molecule has 0 bridgehead atoms. The van der Waals surface area contributed by atoms with Gasteiger partial charge in [0.1, 0.15) is 15.1 Å². The minimum Gasteiger partial charge on any atom is -0.494 e. The monoisotopic (exact) mass is 371 g/mol. The summed E-state index contributed by atoms with van der Waals surface area (Å²) in [4.78, 5) is 15.1. The van der Waals surface area contributed by atoms with Crippen LogP contribution in [-0.2, 0) is 16.0 Å². The highest BCUT2D eigenvalue weighted by molar-refractivity contribution is 14.1. The zero-order valence-corrected chi connectivity index (χ0v) is 12.0. The van der Waals surface area contributed by atoms with E-state index in [4.69, 9.17) is 9.47 Å². The predicted molar refractivity (Wildman–Crippen MR) is 68.8 cm³/mol. The maximum Gasteiger partial charge on any atom is 0.310 e. The van der Waals surface area contributed by atoms with Crippen molar-refractivity contribution in [1.29, 1.82) is 0 Å². The van der Waals surface area contributed by atoms with Crippen molar-refractivity contribution in [2.75, 3.05) is 13.7 Å². The number of esters is 1. The topological polar surface area (TPSA) is 48.4 Å². The molecule has 1 aromatic heterocycles. The largest absolute Gasteiger partial charge is 0.494 e. The smallest absolute Gasteiger partial charge is 0.310 e. The number of hydrogen-bond donors (Lipinski definition) is 0. The zero-order valence-electron chi connectivity index (χ0n) is 9.87. The number of alkyl halides is 2. The van der Waals surface area contributed by atoms with E-state index in [0.29, 0.717) is 9.26 Å². The molecule has 1 heterocycles. The predicted octanol–water partition coefficient (Wildman–Crippen LogP) is 2.74. The van der Waals surface area contributed by atoms with Crippen molar-refractivity contribution < 1.29 is 23.0 Å². The molecule has 100 valence electrons. The first-order chi connectivity index (χ1) is 8.49. The molecule has 0 radical (unpaired) electrons. The van der Waals surface area contributed by atoms with Gasteiger partial charge in [0.05, 0.1) is 20.1 Å². The number of carbonyl (C=O) groups excluding carboxylic acids is 1. The Hall–Kier alpha value is -0.990. The summed E-state index contributed by atoms with van der Waals surface area (Å²) in [6, 6.07) is 1.53. The van der Waals surface area contributed by atoms with Gasteiger partial charge in [0, 0.05) is 5.56 Å². The lowest BCUT2D eigenvalue weighted by Crippen LogP contribution is -2.11. The fourth-order valence-corrected chi connectivity index (χ4v) is 2.09. The Morgan fingerprint density at radius 3 is 2.72 bits per heavy atom. The van der Waals surface area contributed by atoms with E-state index in [1.165, 1.54) is 13.2 Å². The molecule has 0 spiro atoms. The first-order valence-electron chi connectivity index (χ1n) is 5.16. The average Bonchev–Trinajstić information content (AvgIpc) is 2.28. The molecule has 4 nitrogen and oxygen atoms in total. The molecule has 18 heavy (non-hydrogen) atoms. The molecule has 0 unspecified atom stereocenters. The molecular formula is C11H12F2INO3. The summed E-state index contributed by atoms with van der Waals surface area (Å²) in [5.74, 6) is -0.545. The van der Waals surface area contributed by atoms with Crippen LogP contribution < -0.4 is 4.74 Å². The summed E-state index contributed by atoms with van der Waals surface area (Å²) in [5.41, 5.74) is -0.102. The second-order valence-corrected chi connectivity index (χ2v) is 4.41. The van der Waals surface area contributed by atoms with Crippen LogP contribution in [0.5, 0.6) is 5.75 Å². The molecule has 0 N–H and O–H groups in total. The van der Waals surface area contributed by atoms with Gasteiger partial charge in [-0.1, -0.05) is 0 Å². The summed E-state index contributed by atoms with van der Waals surface area (Å²) < 4.78 is 35.7. The van der Waals surface area contributed by atoms with E-state index < -0.39 is 18.1 Å². The lowest BCUT2D eigenvalue weighted by Gasteiger charge is -2.12. The van der Waals surface area contributed by atoms with Crippen molar-refractivity contribution in [3.8, 4) is 5.75 Å². The van der Waals surface area contributed by atoms with Crippen molar-refractivity contribution in [2.45, 2.75) is 19.8 Å². The van der Waals surface area contributed by atoms with Crippen LogP contribution in [0.4, 0.5) is 8.78 Å². The SMILES string of the molecule is CCOC(=O)Cc1cc(I)nc(C(F)F)c1OC. The highest BCUT2D eigenvalue weighted by Crippen LogP contribution is 2.31. The number of pyridine rings is 1. The first-order valence-corrected chi connectivity index (χ1v) is 6.24. The molecule has 0 aliphatic carbocycles. The van der Waals surface area contributed by atoms with Crippen LogP contribution in [0.25, 0.3) is 0 Å². The van der Waals surface area contributed by atoms with Gasteiger partial charge < -0.3 is 9.47 Å². The lowest BCUT2D eigenvalue weighted by molar-refractivity contribution is -0.142. The van der Waals surface area contributed by atoms with Crippen LogP contribution >= 0.6 is 22.6 Å². The lowest BCUT2D eigenvalue weighted by atomic mass is 10.1. The molecule has 7 heteroatoms. The molecule has 0 saturated heterocycles. The van der Waals surface area contributed by atoms with E-state index in [0.717, 1.165) is 0 Å². The van der Waals surface area contributed by atoms with E-state index in [1.54, 1.807) is 6.92 Å². The number of rotatable bonds is 5. The van der Waals surface area contributed by atoms with Crippen LogP contribution in [0, 0.1) is 3.70 Å². The molecule has 0 fully saturated rings. The maximum absolute atomic E-state index is 12.8. The Balaban J connectivity index is 3.13. The molecule has 0 amide bonds. The van der Waals surface area contributed by atoms with Crippen molar-refractivity contribution in [2.24, 2.45) is 0 Å². The molecule has 0 aromatic carbocycles. The Bertz CT molecular complexity index is 441. The number of hydrogen-bond acceptors (Lipinski definition) is 4. The van der Waals surface area contributed by atoms with E-state index in [-0.39, 0.29) is 18.8 Å². The summed E-state index contributed by atoms with van der Waals surface area (Å²) >= 11 is 1.81. The van der Waals surface area contributed by atoms with Crippen LogP contribution in [0.15, 0.2) is 6.07 Å². The van der Waals surface area contributed by atoms with Crippen molar-refractivity contribution in [1.82, 2.24) is 4.98 Å². The minimum atomic E-state index is -2.75. The highest BCUT2D eigenvalue weighted by Gasteiger charge is 2.21. The number of methoxy groups -OCH3 is 1. The molecule has 0 atom stereocenters. The van der Waals surface area contributed by atoms with Gasteiger partial charge in [-0.15, -0.1) is 0 Å². The highest BCUT2D eigenvalue weighted by atomic mass is 127.